The molecule has 0 aromatic carbocycles. The average Bonchev–Trinajstić information content (AvgIpc) is 2.74. The highest BCUT2D eigenvalue weighted by Gasteiger charge is 2.21. The summed E-state index contributed by atoms with van der Waals surface area (Å²) in [6.45, 7) is 14.0. The maximum Gasteiger partial charge on any atom is 0.0564 e. The SMILES string of the molecule is CCN(CC)C(CN)c1ccc(C(C)(C)C)s1. The largest absolute Gasteiger partial charge is 0.329 e. The minimum atomic E-state index is 0.241. The van der Waals surface area contributed by atoms with Gasteiger partial charge in [0.15, 0.2) is 0 Å². The minimum Gasteiger partial charge on any atom is -0.329 e. The Morgan fingerprint density at radius 1 is 1.24 bits per heavy atom. The molecule has 1 aromatic rings. The molecule has 0 radical (unpaired) electrons. The van der Waals surface area contributed by atoms with Crippen LogP contribution >= 0.6 is 11.3 Å². The third kappa shape index (κ3) is 3.54. The van der Waals surface area contributed by atoms with Crippen molar-refractivity contribution in [1.82, 2.24) is 4.90 Å². The lowest BCUT2D eigenvalue weighted by atomic mass is 9.95. The van der Waals surface area contributed by atoms with Crippen molar-refractivity contribution in [1.29, 1.82) is 0 Å². The van der Waals surface area contributed by atoms with Gasteiger partial charge < -0.3 is 5.73 Å². The van der Waals surface area contributed by atoms with Crippen LogP contribution in [0.4, 0.5) is 0 Å². The fraction of sp³-hybridized carbons (Fsp3) is 0.714. The Hall–Kier alpha value is -0.380. The first-order valence-corrected chi connectivity index (χ1v) is 7.30. The number of hydrogen-bond donors (Lipinski definition) is 1. The third-order valence-electron chi connectivity index (χ3n) is 3.17. The lowest BCUT2D eigenvalue weighted by Gasteiger charge is -2.27. The van der Waals surface area contributed by atoms with Crippen LogP contribution in [0.1, 0.15) is 50.4 Å². The summed E-state index contributed by atoms with van der Waals surface area (Å²) in [6.07, 6.45) is 0. The molecule has 0 aliphatic carbocycles. The number of nitrogens with two attached hydrogens (primary N) is 1. The Bertz CT molecular complexity index is 334. The molecule has 1 rings (SSSR count). The predicted octanol–water partition coefficient (Wildman–Crippen LogP) is 3.39. The first kappa shape index (κ1) is 14.7. The highest BCUT2D eigenvalue weighted by Crippen LogP contribution is 2.33. The zero-order valence-corrected chi connectivity index (χ0v) is 12.6. The van der Waals surface area contributed by atoms with Crippen molar-refractivity contribution in [3.63, 3.8) is 0 Å². The molecule has 3 heteroatoms. The van der Waals surface area contributed by atoms with Crippen LogP contribution in [0, 0.1) is 0 Å². The summed E-state index contributed by atoms with van der Waals surface area (Å²) in [4.78, 5) is 5.28. The van der Waals surface area contributed by atoms with Crippen LogP contribution in [-0.4, -0.2) is 24.5 Å². The molecule has 1 heterocycles. The molecular weight excluding hydrogens is 228 g/mol. The standard InChI is InChI=1S/C14H26N2S/c1-6-16(7-2)11(10-15)12-8-9-13(17-12)14(3,4)5/h8-9,11H,6-7,10,15H2,1-5H3. The van der Waals surface area contributed by atoms with Gasteiger partial charge in [0.1, 0.15) is 0 Å². The van der Waals surface area contributed by atoms with Crippen molar-refractivity contribution < 1.29 is 0 Å². The van der Waals surface area contributed by atoms with E-state index >= 15 is 0 Å². The Morgan fingerprint density at radius 3 is 2.18 bits per heavy atom. The normalized spacial score (nSPS) is 14.3. The van der Waals surface area contributed by atoms with Crippen LogP contribution in [-0.2, 0) is 5.41 Å². The van der Waals surface area contributed by atoms with E-state index in [0.29, 0.717) is 12.6 Å². The second-order valence-electron chi connectivity index (χ2n) is 5.42. The van der Waals surface area contributed by atoms with Crippen LogP contribution in [0.15, 0.2) is 12.1 Å². The zero-order chi connectivity index (χ0) is 13.1. The van der Waals surface area contributed by atoms with Crippen molar-refractivity contribution in [3.05, 3.63) is 21.9 Å². The summed E-state index contributed by atoms with van der Waals surface area (Å²) in [5, 5.41) is 0. The van der Waals surface area contributed by atoms with Gasteiger partial charge in [0, 0.05) is 16.3 Å². The van der Waals surface area contributed by atoms with Crippen molar-refractivity contribution >= 4 is 11.3 Å². The van der Waals surface area contributed by atoms with E-state index in [-0.39, 0.29) is 5.41 Å². The Kier molecular flexibility index (Phi) is 5.17. The molecule has 0 aliphatic rings. The summed E-state index contributed by atoms with van der Waals surface area (Å²) in [6, 6.07) is 4.89. The van der Waals surface area contributed by atoms with E-state index in [1.165, 1.54) is 9.75 Å². The molecular formula is C14H26N2S. The summed E-state index contributed by atoms with van der Waals surface area (Å²) in [7, 11) is 0. The van der Waals surface area contributed by atoms with E-state index in [1.807, 2.05) is 11.3 Å². The van der Waals surface area contributed by atoms with Gasteiger partial charge in [0.2, 0.25) is 0 Å². The smallest absolute Gasteiger partial charge is 0.0564 e. The molecule has 1 atom stereocenters. The fourth-order valence-electron chi connectivity index (χ4n) is 2.04. The van der Waals surface area contributed by atoms with Crippen LogP contribution in [0.2, 0.25) is 0 Å². The lowest BCUT2D eigenvalue weighted by Crippen LogP contribution is -2.32. The first-order valence-electron chi connectivity index (χ1n) is 6.48. The molecule has 0 aliphatic heterocycles. The van der Waals surface area contributed by atoms with E-state index in [2.05, 4.69) is 51.7 Å². The summed E-state index contributed by atoms with van der Waals surface area (Å²) in [5.41, 5.74) is 6.18. The maximum absolute atomic E-state index is 5.94. The van der Waals surface area contributed by atoms with Crippen molar-refractivity contribution in [2.45, 2.75) is 46.1 Å². The number of nitrogens with zero attached hydrogens (tertiary/aromatic N) is 1. The summed E-state index contributed by atoms with van der Waals surface area (Å²) >= 11 is 1.91. The molecule has 1 aromatic heterocycles. The molecule has 98 valence electrons. The van der Waals surface area contributed by atoms with Gasteiger partial charge in [-0.3, -0.25) is 4.90 Å². The van der Waals surface area contributed by atoms with Crippen LogP contribution in [0.5, 0.6) is 0 Å². The van der Waals surface area contributed by atoms with Crippen LogP contribution in [0.3, 0.4) is 0 Å². The molecule has 0 saturated heterocycles. The second-order valence-corrected chi connectivity index (χ2v) is 6.54. The van der Waals surface area contributed by atoms with Crippen LogP contribution < -0.4 is 5.73 Å². The molecule has 0 amide bonds. The molecule has 1 unspecified atom stereocenters. The Morgan fingerprint density at radius 2 is 1.82 bits per heavy atom. The van der Waals surface area contributed by atoms with Gasteiger partial charge in [-0.15, -0.1) is 11.3 Å². The highest BCUT2D eigenvalue weighted by molar-refractivity contribution is 7.12. The van der Waals surface area contributed by atoms with Gasteiger partial charge in [-0.05, 0) is 30.6 Å². The lowest BCUT2D eigenvalue weighted by molar-refractivity contribution is 0.227. The average molecular weight is 254 g/mol. The predicted molar refractivity (Wildman–Crippen MR) is 77.7 cm³/mol. The summed E-state index contributed by atoms with van der Waals surface area (Å²) < 4.78 is 0. The molecule has 0 spiro atoms. The number of rotatable bonds is 5. The van der Waals surface area contributed by atoms with E-state index in [9.17, 15) is 0 Å². The van der Waals surface area contributed by atoms with Crippen molar-refractivity contribution in [2.75, 3.05) is 19.6 Å². The van der Waals surface area contributed by atoms with Gasteiger partial charge in [-0.25, -0.2) is 0 Å². The Labute approximate surface area is 110 Å². The van der Waals surface area contributed by atoms with Crippen molar-refractivity contribution in [2.24, 2.45) is 5.73 Å². The maximum atomic E-state index is 5.94. The molecule has 0 bridgehead atoms. The van der Waals surface area contributed by atoms with Gasteiger partial charge in [0.25, 0.3) is 0 Å². The molecule has 2 nitrogen and oxygen atoms in total. The van der Waals surface area contributed by atoms with Gasteiger partial charge >= 0.3 is 0 Å². The van der Waals surface area contributed by atoms with E-state index in [0.717, 1.165) is 13.1 Å². The molecule has 17 heavy (non-hydrogen) atoms. The van der Waals surface area contributed by atoms with E-state index in [4.69, 9.17) is 5.73 Å². The first-order chi connectivity index (χ1) is 7.93. The molecule has 2 N–H and O–H groups in total. The Balaban J connectivity index is 2.93. The number of thiophene rings is 1. The number of hydrogen-bond acceptors (Lipinski definition) is 3. The van der Waals surface area contributed by atoms with Crippen LogP contribution in [0.25, 0.3) is 0 Å². The molecule has 0 fully saturated rings. The van der Waals surface area contributed by atoms with E-state index in [1.54, 1.807) is 0 Å². The minimum absolute atomic E-state index is 0.241. The highest BCUT2D eigenvalue weighted by atomic mass is 32.1. The number of likely N-dealkylation sites (N-methyl/N-ethyl adjacent to an activating group) is 1. The van der Waals surface area contributed by atoms with Gasteiger partial charge in [-0.1, -0.05) is 34.6 Å². The quantitative estimate of drug-likeness (QED) is 0.872. The van der Waals surface area contributed by atoms with Gasteiger partial charge in [-0.2, -0.15) is 0 Å². The zero-order valence-electron chi connectivity index (χ0n) is 11.8. The fourth-order valence-corrected chi connectivity index (χ4v) is 3.26. The third-order valence-corrected chi connectivity index (χ3v) is 4.78. The van der Waals surface area contributed by atoms with Crippen molar-refractivity contribution in [3.8, 4) is 0 Å². The topological polar surface area (TPSA) is 29.3 Å². The van der Waals surface area contributed by atoms with E-state index < -0.39 is 0 Å². The summed E-state index contributed by atoms with van der Waals surface area (Å²) in [5.74, 6) is 0. The molecule has 0 saturated carbocycles. The van der Waals surface area contributed by atoms with Gasteiger partial charge in [0.05, 0.1) is 6.04 Å². The second kappa shape index (κ2) is 5.98. The monoisotopic (exact) mass is 254 g/mol.